The van der Waals surface area contributed by atoms with E-state index in [1.165, 1.54) is 16.6 Å². The van der Waals surface area contributed by atoms with Gasteiger partial charge in [0.1, 0.15) is 34.5 Å². The molecule has 0 atom stereocenters. The largest absolute Gasteiger partial charge is 0.455 e. The number of benzene rings is 10. The van der Waals surface area contributed by atoms with Crippen LogP contribution in [0.4, 0.5) is 0 Å². The zero-order valence-corrected chi connectivity index (χ0v) is 40.5. The van der Waals surface area contributed by atoms with Crippen LogP contribution in [0.1, 0.15) is 28.8 Å². The first-order chi connectivity index (χ1) is 37.7. The first kappa shape index (κ1) is 41.0. The number of allylic oxidation sites excluding steroid dienone is 1. The van der Waals surface area contributed by atoms with E-state index in [0.29, 0.717) is 22.5 Å². The Bertz CT molecular complexity index is 5350. The van der Waals surface area contributed by atoms with Gasteiger partial charge in [0, 0.05) is 59.7 Å². The molecule has 76 heavy (non-hydrogen) atoms. The van der Waals surface area contributed by atoms with Crippen LogP contribution in [0, 0.1) is 22.7 Å². The van der Waals surface area contributed by atoms with Gasteiger partial charge in [-0.2, -0.15) is 10.5 Å². The van der Waals surface area contributed by atoms with E-state index in [4.69, 9.17) is 8.83 Å². The smallest absolute Gasteiger partial charge is 0.145 e. The fraction of sp³-hybridized carbons (Fsp3) is 0.0294. The minimum absolute atomic E-state index is 0.410. The minimum Gasteiger partial charge on any atom is -0.455 e. The van der Waals surface area contributed by atoms with Crippen LogP contribution in [0.3, 0.4) is 0 Å². The Hall–Kier alpha value is -10.5. The summed E-state index contributed by atoms with van der Waals surface area (Å²) in [5.41, 5.74) is 16.5. The summed E-state index contributed by atoms with van der Waals surface area (Å²) >= 11 is 0. The zero-order chi connectivity index (χ0) is 49.9. The van der Waals surface area contributed by atoms with Crippen molar-refractivity contribution in [3.8, 4) is 34.9 Å². The van der Waals surface area contributed by atoms with Crippen LogP contribution in [-0.4, -0.2) is 18.3 Å². The second-order valence-electron chi connectivity index (χ2n) is 20.0. The van der Waals surface area contributed by atoms with E-state index in [1.807, 2.05) is 48.5 Å². The average Bonchev–Trinajstić information content (AvgIpc) is 4.37. The highest BCUT2D eigenvalue weighted by Crippen LogP contribution is 2.48. The summed E-state index contributed by atoms with van der Waals surface area (Å²) in [5.74, 6) is 0. The predicted octanol–water partition coefficient (Wildman–Crippen LogP) is 17.4. The molecule has 0 fully saturated rings. The van der Waals surface area contributed by atoms with E-state index < -0.39 is 0 Å². The third-order valence-electron chi connectivity index (χ3n) is 16.3. The van der Waals surface area contributed by atoms with Crippen molar-refractivity contribution in [1.29, 1.82) is 10.5 Å². The summed E-state index contributed by atoms with van der Waals surface area (Å²) in [6.07, 6.45) is 6.38. The molecular formula is C68H38N6O2. The Morgan fingerprint density at radius 1 is 0.355 bits per heavy atom. The average molecular weight is 971 g/mol. The molecule has 10 aromatic carbocycles. The molecule has 0 aliphatic heterocycles. The van der Waals surface area contributed by atoms with E-state index in [0.717, 1.165) is 139 Å². The molecule has 6 heterocycles. The standard InChI is InChI=1S/C68H38N6O2/c69-37-39-36-60(74-56-28-14-26-54(72-51-23-9-3-17-43(51)44-18-4-10-24-52(44)72)64(56)66-58(74)34-32-48-46-20-6-12-30-62(46)76-68(48)66)40(38-70)35-59(39)73-55-27-13-25-53(71-49-21-7-1-15-41(49)42-16-2-8-22-50(42)71)63(55)65-57(73)33-31-47-45-19-5-11-29-61(45)75-67(47)65/h1-9,11-23,25-36H,10,24H2. The maximum absolute atomic E-state index is 11.6. The zero-order valence-electron chi connectivity index (χ0n) is 40.5. The van der Waals surface area contributed by atoms with Gasteiger partial charge < -0.3 is 27.1 Å². The molecule has 16 aromatic rings. The lowest BCUT2D eigenvalue weighted by Crippen LogP contribution is -2.05. The number of fused-ring (bicyclic) bond motifs is 20. The molecule has 0 unspecified atom stereocenters. The van der Waals surface area contributed by atoms with Gasteiger partial charge >= 0.3 is 0 Å². The van der Waals surface area contributed by atoms with Crippen molar-refractivity contribution in [3.05, 3.63) is 223 Å². The van der Waals surface area contributed by atoms with E-state index in [1.54, 1.807) is 0 Å². The molecule has 6 aromatic heterocycles. The van der Waals surface area contributed by atoms with Gasteiger partial charge in [0.15, 0.2) is 0 Å². The lowest BCUT2D eigenvalue weighted by atomic mass is 10.0. The lowest BCUT2D eigenvalue weighted by molar-refractivity contribution is 0.672. The molecule has 1 aliphatic carbocycles. The molecular weight excluding hydrogens is 933 g/mol. The molecule has 0 saturated carbocycles. The molecule has 8 nitrogen and oxygen atoms in total. The normalized spacial score (nSPS) is 12.8. The van der Waals surface area contributed by atoms with E-state index in [9.17, 15) is 10.5 Å². The quantitative estimate of drug-likeness (QED) is 0.176. The SMILES string of the molecule is N#Cc1cc(-n2c3cccc(-n4c5ccccc5c5ccccc54)c3c3c4oc5ccccc5c4ccc32)c(C#N)cc1-n1c2cccc(-n3c4c(c5ccccc53)C=CCC4)c2c2c3oc4ccccc4c3ccc21. The van der Waals surface area contributed by atoms with Gasteiger partial charge in [-0.3, -0.25) is 0 Å². The summed E-state index contributed by atoms with van der Waals surface area (Å²) in [6, 6.07) is 72.6. The highest BCUT2D eigenvalue weighted by Gasteiger charge is 2.29. The fourth-order valence-corrected chi connectivity index (χ4v) is 13.3. The van der Waals surface area contributed by atoms with Gasteiger partial charge in [-0.15, -0.1) is 0 Å². The van der Waals surface area contributed by atoms with Gasteiger partial charge in [-0.1, -0.05) is 115 Å². The number of rotatable bonds is 4. The van der Waals surface area contributed by atoms with Gasteiger partial charge in [-0.25, -0.2) is 0 Å². The number of hydrogen-bond donors (Lipinski definition) is 0. The summed E-state index contributed by atoms with van der Waals surface area (Å²) in [7, 11) is 0. The fourth-order valence-electron chi connectivity index (χ4n) is 13.3. The van der Waals surface area contributed by atoms with Crippen molar-refractivity contribution in [3.63, 3.8) is 0 Å². The molecule has 0 saturated heterocycles. The van der Waals surface area contributed by atoms with E-state index in [2.05, 4.69) is 188 Å². The third-order valence-corrected chi connectivity index (χ3v) is 16.3. The highest BCUT2D eigenvalue weighted by atomic mass is 16.3. The van der Waals surface area contributed by atoms with Crippen LogP contribution in [0.25, 0.3) is 149 Å². The van der Waals surface area contributed by atoms with Gasteiger partial charge in [0.25, 0.3) is 0 Å². The second-order valence-corrected chi connectivity index (χ2v) is 20.0. The maximum atomic E-state index is 11.6. The van der Waals surface area contributed by atoms with Gasteiger partial charge in [0.2, 0.25) is 0 Å². The van der Waals surface area contributed by atoms with Crippen molar-refractivity contribution in [2.75, 3.05) is 0 Å². The molecule has 0 radical (unpaired) electrons. The van der Waals surface area contributed by atoms with Crippen LogP contribution >= 0.6 is 0 Å². The first-order valence-corrected chi connectivity index (χ1v) is 25.7. The van der Waals surface area contributed by atoms with Crippen LogP contribution in [0.5, 0.6) is 0 Å². The summed E-state index contributed by atoms with van der Waals surface area (Å²) in [5, 5.41) is 34.6. The molecule has 0 spiro atoms. The topological polar surface area (TPSA) is 93.6 Å². The van der Waals surface area contributed by atoms with Gasteiger partial charge in [0.05, 0.1) is 83.3 Å². The van der Waals surface area contributed by atoms with E-state index in [-0.39, 0.29) is 0 Å². The molecule has 1 aliphatic rings. The lowest BCUT2D eigenvalue weighted by Gasteiger charge is -2.17. The van der Waals surface area contributed by atoms with Crippen LogP contribution in [0.2, 0.25) is 0 Å². The minimum atomic E-state index is 0.410. The first-order valence-electron chi connectivity index (χ1n) is 25.7. The van der Waals surface area contributed by atoms with Crippen molar-refractivity contribution in [1.82, 2.24) is 18.3 Å². The number of nitriles is 2. The Kier molecular flexibility index (Phi) is 8.10. The van der Waals surface area contributed by atoms with Crippen molar-refractivity contribution < 1.29 is 8.83 Å². The molecule has 0 N–H and O–H groups in total. The van der Waals surface area contributed by atoms with Crippen LogP contribution < -0.4 is 0 Å². The third kappa shape index (κ3) is 5.24. The number of para-hydroxylation sites is 5. The predicted molar refractivity (Wildman–Crippen MR) is 308 cm³/mol. The Labute approximate surface area is 432 Å². The number of aromatic nitrogens is 4. The Balaban J connectivity index is 0.983. The maximum Gasteiger partial charge on any atom is 0.145 e. The monoisotopic (exact) mass is 970 g/mol. The summed E-state index contributed by atoms with van der Waals surface area (Å²) in [4.78, 5) is 0. The summed E-state index contributed by atoms with van der Waals surface area (Å²) in [6.45, 7) is 0. The highest BCUT2D eigenvalue weighted by molar-refractivity contribution is 6.28. The molecule has 0 amide bonds. The van der Waals surface area contributed by atoms with E-state index >= 15 is 0 Å². The number of nitrogens with zero attached hydrogens (tertiary/aromatic N) is 6. The molecule has 17 rings (SSSR count). The van der Waals surface area contributed by atoms with Crippen molar-refractivity contribution in [2.24, 2.45) is 0 Å². The molecule has 0 bridgehead atoms. The summed E-state index contributed by atoms with van der Waals surface area (Å²) < 4.78 is 22.9. The second kappa shape index (κ2) is 15.0. The van der Waals surface area contributed by atoms with Crippen molar-refractivity contribution >= 4 is 126 Å². The van der Waals surface area contributed by atoms with Gasteiger partial charge in [-0.05, 0) is 104 Å². The van der Waals surface area contributed by atoms with Crippen LogP contribution in [0.15, 0.2) is 209 Å². The number of hydrogen-bond acceptors (Lipinski definition) is 4. The molecule has 352 valence electrons. The van der Waals surface area contributed by atoms with Crippen molar-refractivity contribution in [2.45, 2.75) is 12.8 Å². The van der Waals surface area contributed by atoms with Crippen LogP contribution in [-0.2, 0) is 6.42 Å². The molecule has 8 heteroatoms. The Morgan fingerprint density at radius 2 is 0.776 bits per heavy atom. The number of furan rings is 2. The Morgan fingerprint density at radius 3 is 1.30 bits per heavy atom.